The van der Waals surface area contributed by atoms with E-state index < -0.39 is 0 Å². The van der Waals surface area contributed by atoms with Gasteiger partial charge in [0.1, 0.15) is 11.5 Å². The number of ether oxygens (including phenoxy) is 1. The van der Waals surface area contributed by atoms with Crippen LogP contribution in [0, 0.1) is 0 Å². The van der Waals surface area contributed by atoms with Crippen LogP contribution in [0.4, 0.5) is 5.69 Å². The van der Waals surface area contributed by atoms with Crippen molar-refractivity contribution in [1.29, 1.82) is 0 Å². The maximum absolute atomic E-state index is 6.08. The molecule has 2 nitrogen and oxygen atoms in total. The summed E-state index contributed by atoms with van der Waals surface area (Å²) in [7, 11) is 0. The molecule has 4 heteroatoms. The fourth-order valence-corrected chi connectivity index (χ4v) is 1.98. The molecular formula is C16H19Cl2NO. The first kappa shape index (κ1) is 16.7. The minimum atomic E-state index is 0. The molecule has 0 aliphatic carbocycles. The van der Waals surface area contributed by atoms with Gasteiger partial charge in [-0.15, -0.1) is 12.4 Å². The van der Waals surface area contributed by atoms with Crippen molar-refractivity contribution in [2.75, 3.05) is 5.73 Å². The van der Waals surface area contributed by atoms with Crippen LogP contribution in [0.3, 0.4) is 0 Å². The number of anilines is 1. The second-order valence-corrected chi connectivity index (χ2v) is 5.97. The van der Waals surface area contributed by atoms with Crippen LogP contribution >= 0.6 is 24.0 Å². The van der Waals surface area contributed by atoms with Crippen molar-refractivity contribution in [3.05, 3.63) is 53.1 Å². The minimum absolute atomic E-state index is 0. The molecule has 0 aliphatic rings. The van der Waals surface area contributed by atoms with Crippen molar-refractivity contribution in [1.82, 2.24) is 0 Å². The van der Waals surface area contributed by atoms with Crippen LogP contribution < -0.4 is 10.5 Å². The van der Waals surface area contributed by atoms with Gasteiger partial charge in [-0.05, 0) is 41.3 Å². The molecule has 2 N–H and O–H groups in total. The zero-order valence-corrected chi connectivity index (χ0v) is 13.4. The van der Waals surface area contributed by atoms with Crippen molar-refractivity contribution in [3.8, 4) is 11.5 Å². The van der Waals surface area contributed by atoms with Crippen molar-refractivity contribution in [2.24, 2.45) is 0 Å². The number of nitrogens with two attached hydrogens (primary N) is 1. The Kier molecular flexibility index (Phi) is 5.32. The molecule has 0 radical (unpaired) electrons. The second kappa shape index (κ2) is 6.38. The molecule has 2 rings (SSSR count). The number of hydrogen-bond acceptors (Lipinski definition) is 2. The molecule has 0 unspecified atom stereocenters. The lowest BCUT2D eigenvalue weighted by atomic mass is 9.87. The van der Waals surface area contributed by atoms with Gasteiger partial charge in [0, 0.05) is 5.69 Å². The van der Waals surface area contributed by atoms with Gasteiger partial charge in [0.2, 0.25) is 0 Å². The molecule has 0 saturated carbocycles. The molecule has 0 atom stereocenters. The molecule has 0 saturated heterocycles. The molecule has 2 aromatic rings. The molecule has 0 aliphatic heterocycles. The van der Waals surface area contributed by atoms with Gasteiger partial charge in [-0.25, -0.2) is 0 Å². The first-order valence-corrected chi connectivity index (χ1v) is 6.57. The Labute approximate surface area is 131 Å². The summed E-state index contributed by atoms with van der Waals surface area (Å²) in [6.45, 7) is 6.54. The number of halogens is 2. The Morgan fingerprint density at radius 2 is 1.60 bits per heavy atom. The Morgan fingerprint density at radius 1 is 1.00 bits per heavy atom. The number of hydrogen-bond donors (Lipinski definition) is 1. The summed E-state index contributed by atoms with van der Waals surface area (Å²) >= 11 is 6.08. The molecule has 20 heavy (non-hydrogen) atoms. The van der Waals surface area contributed by atoms with Crippen LogP contribution in [0.25, 0.3) is 0 Å². The van der Waals surface area contributed by atoms with E-state index in [-0.39, 0.29) is 17.8 Å². The maximum atomic E-state index is 6.08. The summed E-state index contributed by atoms with van der Waals surface area (Å²) in [5.74, 6) is 1.37. The summed E-state index contributed by atoms with van der Waals surface area (Å²) in [5.41, 5.74) is 7.68. The van der Waals surface area contributed by atoms with Crippen molar-refractivity contribution in [2.45, 2.75) is 26.2 Å². The Morgan fingerprint density at radius 3 is 2.10 bits per heavy atom. The topological polar surface area (TPSA) is 35.2 Å². The zero-order valence-electron chi connectivity index (χ0n) is 11.8. The average molecular weight is 312 g/mol. The predicted molar refractivity (Wildman–Crippen MR) is 88.3 cm³/mol. The van der Waals surface area contributed by atoms with E-state index in [1.54, 1.807) is 18.2 Å². The van der Waals surface area contributed by atoms with Gasteiger partial charge in [0.25, 0.3) is 0 Å². The smallest absolute Gasteiger partial charge is 0.146 e. The number of benzene rings is 2. The minimum Gasteiger partial charge on any atom is -0.456 e. The fourth-order valence-electron chi connectivity index (χ4n) is 1.75. The van der Waals surface area contributed by atoms with Gasteiger partial charge in [0.05, 0.1) is 5.02 Å². The Balaban J connectivity index is 0.00000200. The first-order chi connectivity index (χ1) is 8.86. The van der Waals surface area contributed by atoms with E-state index in [4.69, 9.17) is 22.1 Å². The van der Waals surface area contributed by atoms with Crippen molar-refractivity contribution in [3.63, 3.8) is 0 Å². The highest BCUT2D eigenvalue weighted by Gasteiger charge is 2.13. The summed E-state index contributed by atoms with van der Waals surface area (Å²) < 4.78 is 5.74. The maximum Gasteiger partial charge on any atom is 0.146 e. The lowest BCUT2D eigenvalue weighted by molar-refractivity contribution is 0.482. The largest absolute Gasteiger partial charge is 0.456 e. The lowest BCUT2D eigenvalue weighted by Gasteiger charge is -2.19. The van der Waals surface area contributed by atoms with E-state index in [1.165, 1.54) is 5.56 Å². The van der Waals surface area contributed by atoms with Gasteiger partial charge >= 0.3 is 0 Å². The van der Waals surface area contributed by atoms with Gasteiger partial charge < -0.3 is 10.5 Å². The highest BCUT2D eigenvalue weighted by atomic mass is 35.5. The van der Waals surface area contributed by atoms with E-state index in [0.29, 0.717) is 16.5 Å². The van der Waals surface area contributed by atoms with Crippen molar-refractivity contribution >= 4 is 29.7 Å². The lowest BCUT2D eigenvalue weighted by Crippen LogP contribution is -2.10. The van der Waals surface area contributed by atoms with E-state index in [2.05, 4.69) is 32.9 Å². The number of rotatable bonds is 2. The highest BCUT2D eigenvalue weighted by molar-refractivity contribution is 6.32. The van der Waals surface area contributed by atoms with Crippen LogP contribution in [-0.2, 0) is 5.41 Å². The van der Waals surface area contributed by atoms with E-state index in [0.717, 1.165) is 5.75 Å². The third-order valence-electron chi connectivity index (χ3n) is 2.90. The third kappa shape index (κ3) is 4.06. The van der Waals surface area contributed by atoms with Crippen LogP contribution in [0.5, 0.6) is 11.5 Å². The van der Waals surface area contributed by atoms with Crippen molar-refractivity contribution < 1.29 is 4.74 Å². The highest BCUT2D eigenvalue weighted by Crippen LogP contribution is 2.32. The summed E-state index contributed by atoms with van der Waals surface area (Å²) in [6.07, 6.45) is 0. The molecule has 0 bridgehead atoms. The molecule has 108 valence electrons. The SMILES string of the molecule is CC(C)(C)c1ccc(Oc2ccc(N)cc2Cl)cc1.Cl. The molecule has 2 aromatic carbocycles. The van der Waals surface area contributed by atoms with E-state index in [1.807, 2.05) is 12.1 Å². The van der Waals surface area contributed by atoms with Crippen LogP contribution in [0.15, 0.2) is 42.5 Å². The Hall–Kier alpha value is -1.38. The monoisotopic (exact) mass is 311 g/mol. The second-order valence-electron chi connectivity index (χ2n) is 5.57. The van der Waals surface area contributed by atoms with E-state index >= 15 is 0 Å². The number of nitrogen functional groups attached to an aromatic ring is 1. The zero-order chi connectivity index (χ0) is 14.0. The van der Waals surface area contributed by atoms with Gasteiger partial charge in [-0.3, -0.25) is 0 Å². The normalized spacial score (nSPS) is 10.8. The van der Waals surface area contributed by atoms with E-state index in [9.17, 15) is 0 Å². The molecule has 0 heterocycles. The summed E-state index contributed by atoms with van der Waals surface area (Å²) in [6, 6.07) is 13.3. The molecule has 0 fully saturated rings. The van der Waals surface area contributed by atoms with Gasteiger partial charge in [-0.1, -0.05) is 44.5 Å². The van der Waals surface area contributed by atoms with Crippen LogP contribution in [0.1, 0.15) is 26.3 Å². The first-order valence-electron chi connectivity index (χ1n) is 6.20. The van der Waals surface area contributed by atoms with Gasteiger partial charge in [0.15, 0.2) is 0 Å². The van der Waals surface area contributed by atoms with Gasteiger partial charge in [-0.2, -0.15) is 0 Å². The molecule has 0 spiro atoms. The molecule has 0 aromatic heterocycles. The van der Waals surface area contributed by atoms with Crippen LogP contribution in [0.2, 0.25) is 5.02 Å². The Bertz CT molecular complexity index is 574. The summed E-state index contributed by atoms with van der Waals surface area (Å²) in [4.78, 5) is 0. The molecule has 0 amide bonds. The quantitative estimate of drug-likeness (QED) is 0.750. The fraction of sp³-hybridized carbons (Fsp3) is 0.250. The average Bonchev–Trinajstić information content (AvgIpc) is 2.32. The third-order valence-corrected chi connectivity index (χ3v) is 3.20. The molecular weight excluding hydrogens is 293 g/mol. The standard InChI is InChI=1S/C16H18ClNO.ClH/c1-16(2,3)11-4-7-13(8-5-11)19-15-9-6-12(18)10-14(15)17;/h4-10H,18H2,1-3H3;1H. The van der Waals surface area contributed by atoms with Crippen LogP contribution in [-0.4, -0.2) is 0 Å². The summed E-state index contributed by atoms with van der Waals surface area (Å²) in [5, 5.41) is 0.514. The predicted octanol–water partition coefficient (Wildman–Crippen LogP) is 5.43.